The minimum atomic E-state index is 0.0614. The number of ketones is 1. The van der Waals surface area contributed by atoms with Crippen LogP contribution in [0, 0.1) is 0 Å². The molecular weight excluding hydrogens is 310 g/mol. The lowest BCUT2D eigenvalue weighted by Gasteiger charge is -2.16. The number of anilines is 1. The molecule has 0 saturated heterocycles. The summed E-state index contributed by atoms with van der Waals surface area (Å²) in [5.74, 6) is 0.879. The third kappa shape index (κ3) is 2.84. The summed E-state index contributed by atoms with van der Waals surface area (Å²) in [6.45, 7) is 5.23. The number of aliphatic imine (C=N–C) groups is 1. The third-order valence-corrected chi connectivity index (χ3v) is 4.85. The zero-order chi connectivity index (χ0) is 16.4. The van der Waals surface area contributed by atoms with Crippen molar-refractivity contribution in [3.63, 3.8) is 0 Å². The molecule has 1 aliphatic heterocycles. The summed E-state index contributed by atoms with van der Waals surface area (Å²) >= 11 is 1.40. The van der Waals surface area contributed by atoms with Crippen molar-refractivity contribution in [2.45, 2.75) is 20.3 Å². The molecule has 1 aliphatic rings. The van der Waals surface area contributed by atoms with Gasteiger partial charge < -0.3 is 9.80 Å². The number of Topliss-reactive ketones (excluding diaryl/α,β-unsaturated/α-hetero) is 1. The number of thiophene rings is 1. The van der Waals surface area contributed by atoms with E-state index in [1.165, 1.54) is 11.3 Å². The molecule has 0 atom stereocenters. The number of hydrogen-bond donors (Lipinski definition) is 0. The molecule has 0 amide bonds. The van der Waals surface area contributed by atoms with Gasteiger partial charge in [0, 0.05) is 19.8 Å². The number of aromatic nitrogens is 2. The van der Waals surface area contributed by atoms with Gasteiger partial charge in [-0.05, 0) is 13.3 Å². The van der Waals surface area contributed by atoms with Crippen molar-refractivity contribution in [2.75, 3.05) is 25.0 Å². The minimum absolute atomic E-state index is 0.0614. The highest BCUT2D eigenvalue weighted by molar-refractivity contribution is 7.21. The van der Waals surface area contributed by atoms with Crippen LogP contribution in [0.4, 0.5) is 11.5 Å². The first-order chi connectivity index (χ1) is 11.2. The van der Waals surface area contributed by atoms with Crippen LogP contribution in [0.5, 0.6) is 0 Å². The molecule has 0 saturated carbocycles. The number of rotatable bonds is 4. The summed E-state index contributed by atoms with van der Waals surface area (Å²) in [5, 5.41) is 0.864. The van der Waals surface area contributed by atoms with Crippen molar-refractivity contribution in [2.24, 2.45) is 4.99 Å². The van der Waals surface area contributed by atoms with Crippen molar-refractivity contribution in [3.05, 3.63) is 23.5 Å². The monoisotopic (exact) mass is 329 g/mol. The zero-order valence-electron chi connectivity index (χ0n) is 13.5. The van der Waals surface area contributed by atoms with E-state index in [0.717, 1.165) is 29.0 Å². The number of nitrogens with zero attached hydrogens (tertiary/aromatic N) is 5. The summed E-state index contributed by atoms with van der Waals surface area (Å²) < 4.78 is 0. The van der Waals surface area contributed by atoms with Crippen molar-refractivity contribution >= 4 is 45.2 Å². The standard InChI is InChI=1S/C16H19N5OS/c1-4-6-7-21-8-11(22)14-13(19-10-21)12-15(20(3)5-2)17-9-18-16(12)23-14/h6-7,9-10H,4-5,8H2,1-3H3/b7-6+. The molecule has 0 unspecified atom stereocenters. The Bertz CT molecular complexity index is 795. The van der Waals surface area contributed by atoms with Crippen LogP contribution < -0.4 is 4.90 Å². The lowest BCUT2D eigenvalue weighted by molar-refractivity contribution is 0.0982. The molecule has 0 spiro atoms. The SMILES string of the molecule is CC/C=C/N1C=Nc2c(sc3ncnc(N(C)CC)c23)C(=O)C1. The fraction of sp³-hybridized carbons (Fsp3) is 0.375. The van der Waals surface area contributed by atoms with Gasteiger partial charge in [-0.3, -0.25) is 4.79 Å². The van der Waals surface area contributed by atoms with E-state index in [1.54, 1.807) is 12.7 Å². The van der Waals surface area contributed by atoms with Gasteiger partial charge in [0.15, 0.2) is 5.78 Å². The lowest BCUT2D eigenvalue weighted by Crippen LogP contribution is -2.21. The number of carbonyl (C=O) groups excluding carboxylic acids is 1. The van der Waals surface area contributed by atoms with Crippen molar-refractivity contribution in [1.82, 2.24) is 14.9 Å². The number of allylic oxidation sites excluding steroid dienone is 1. The quantitative estimate of drug-likeness (QED) is 0.862. The normalized spacial score (nSPS) is 14.6. The van der Waals surface area contributed by atoms with Crippen molar-refractivity contribution < 1.29 is 4.79 Å². The Kier molecular flexibility index (Phi) is 4.38. The fourth-order valence-electron chi connectivity index (χ4n) is 2.40. The van der Waals surface area contributed by atoms with Crippen LogP contribution in [0.1, 0.15) is 29.9 Å². The molecule has 0 N–H and O–H groups in total. The zero-order valence-corrected chi connectivity index (χ0v) is 14.3. The Morgan fingerprint density at radius 3 is 2.96 bits per heavy atom. The first-order valence-electron chi connectivity index (χ1n) is 7.64. The predicted molar refractivity (Wildman–Crippen MR) is 95.0 cm³/mol. The molecule has 23 heavy (non-hydrogen) atoms. The van der Waals surface area contributed by atoms with Crippen LogP contribution in [0.3, 0.4) is 0 Å². The van der Waals surface area contributed by atoms with Gasteiger partial charge in [0.25, 0.3) is 0 Å². The fourth-order valence-corrected chi connectivity index (χ4v) is 3.41. The summed E-state index contributed by atoms with van der Waals surface area (Å²) in [6.07, 6.45) is 8.09. The average molecular weight is 329 g/mol. The van der Waals surface area contributed by atoms with Crippen LogP contribution in [0.15, 0.2) is 23.6 Å². The smallest absolute Gasteiger partial charge is 0.194 e. The van der Waals surface area contributed by atoms with Gasteiger partial charge in [-0.25, -0.2) is 15.0 Å². The molecule has 3 rings (SSSR count). The topological polar surface area (TPSA) is 61.7 Å². The van der Waals surface area contributed by atoms with Gasteiger partial charge in [0.1, 0.15) is 21.9 Å². The van der Waals surface area contributed by atoms with E-state index < -0.39 is 0 Å². The van der Waals surface area contributed by atoms with Crippen LogP contribution in [0.25, 0.3) is 10.2 Å². The maximum atomic E-state index is 12.6. The summed E-state index contributed by atoms with van der Waals surface area (Å²) in [6, 6.07) is 0. The van der Waals surface area contributed by atoms with E-state index in [4.69, 9.17) is 0 Å². The van der Waals surface area contributed by atoms with Gasteiger partial charge >= 0.3 is 0 Å². The average Bonchev–Trinajstić information content (AvgIpc) is 2.87. The van der Waals surface area contributed by atoms with Crippen LogP contribution in [0.2, 0.25) is 0 Å². The molecule has 2 aromatic rings. The molecule has 0 fully saturated rings. The van der Waals surface area contributed by atoms with E-state index in [0.29, 0.717) is 17.1 Å². The maximum absolute atomic E-state index is 12.6. The minimum Gasteiger partial charge on any atom is -0.359 e. The van der Waals surface area contributed by atoms with E-state index in [-0.39, 0.29) is 5.78 Å². The largest absolute Gasteiger partial charge is 0.359 e. The van der Waals surface area contributed by atoms with E-state index >= 15 is 0 Å². The second kappa shape index (κ2) is 6.45. The lowest BCUT2D eigenvalue weighted by atomic mass is 10.2. The third-order valence-electron chi connectivity index (χ3n) is 3.73. The van der Waals surface area contributed by atoms with E-state index in [2.05, 4.69) is 28.8 Å². The van der Waals surface area contributed by atoms with Gasteiger partial charge in [0.2, 0.25) is 0 Å². The van der Waals surface area contributed by atoms with E-state index in [1.807, 2.05) is 29.1 Å². The Morgan fingerprint density at radius 2 is 2.22 bits per heavy atom. The molecule has 0 bridgehead atoms. The molecule has 0 aromatic carbocycles. The molecule has 120 valence electrons. The molecule has 7 heteroatoms. The molecule has 0 radical (unpaired) electrons. The second-order valence-corrected chi connectivity index (χ2v) is 6.30. The molecular formula is C16H19N5OS. The summed E-state index contributed by atoms with van der Waals surface area (Å²) in [5.41, 5.74) is 0.693. The maximum Gasteiger partial charge on any atom is 0.194 e. The van der Waals surface area contributed by atoms with Crippen molar-refractivity contribution in [3.8, 4) is 0 Å². The van der Waals surface area contributed by atoms with Gasteiger partial charge in [-0.2, -0.15) is 0 Å². The van der Waals surface area contributed by atoms with Crippen LogP contribution in [-0.2, 0) is 0 Å². The van der Waals surface area contributed by atoms with Crippen molar-refractivity contribution in [1.29, 1.82) is 0 Å². The van der Waals surface area contributed by atoms with Crippen LogP contribution >= 0.6 is 11.3 Å². The Labute approximate surface area is 139 Å². The first-order valence-corrected chi connectivity index (χ1v) is 8.45. The summed E-state index contributed by atoms with van der Waals surface area (Å²) in [4.78, 5) is 31.2. The van der Waals surface area contributed by atoms with Gasteiger partial charge in [-0.15, -0.1) is 11.3 Å². The highest BCUT2D eigenvalue weighted by Crippen LogP contribution is 2.41. The Morgan fingerprint density at radius 1 is 1.39 bits per heavy atom. The van der Waals surface area contributed by atoms with Gasteiger partial charge in [-0.1, -0.05) is 13.0 Å². The highest BCUT2D eigenvalue weighted by Gasteiger charge is 2.25. The summed E-state index contributed by atoms with van der Waals surface area (Å²) in [7, 11) is 1.98. The van der Waals surface area contributed by atoms with Crippen LogP contribution in [-0.4, -0.2) is 47.1 Å². The van der Waals surface area contributed by atoms with Gasteiger partial charge in [0.05, 0.1) is 24.0 Å². The Hall–Kier alpha value is -2.28. The molecule has 2 aromatic heterocycles. The molecule has 3 heterocycles. The number of hydrogen-bond acceptors (Lipinski definition) is 7. The highest BCUT2D eigenvalue weighted by atomic mass is 32.1. The Balaban J connectivity index is 2.15. The van der Waals surface area contributed by atoms with E-state index in [9.17, 15) is 4.79 Å². The number of fused-ring (bicyclic) bond motifs is 3. The second-order valence-electron chi connectivity index (χ2n) is 5.30. The predicted octanol–water partition coefficient (Wildman–Crippen LogP) is 3.23. The number of carbonyl (C=O) groups is 1. The first kappa shape index (κ1) is 15.6. The molecule has 0 aliphatic carbocycles. The molecule has 6 nitrogen and oxygen atoms in total.